The molecule has 2 N–H and O–H groups in total. The Balaban J connectivity index is 1.84. The average Bonchev–Trinajstić information content (AvgIpc) is 3.02. The standard InChI is InChI=1S/C18H24N4O4/c1-13-17(18(25)19-12-6-4-3-5-7-16(23)24)20-21-22(13)14-8-10-15(26-2)11-9-14/h8-11H,3-7,12H2,1-2H3,(H,19,25)(H,23,24). The minimum Gasteiger partial charge on any atom is -0.497 e. The number of benzene rings is 1. The molecule has 0 aliphatic rings. The number of carboxylic acid groups (broad SMARTS) is 1. The SMILES string of the molecule is COc1ccc(-n2nnc(C(=O)NCCCCCCC(=O)O)c2C)cc1. The van der Waals surface area contributed by atoms with Crippen molar-refractivity contribution in [3.63, 3.8) is 0 Å². The van der Waals surface area contributed by atoms with Crippen LogP contribution in [0.25, 0.3) is 5.69 Å². The van der Waals surface area contributed by atoms with Crippen molar-refractivity contribution in [3.05, 3.63) is 35.7 Å². The van der Waals surface area contributed by atoms with Crippen LogP contribution in [0, 0.1) is 6.92 Å². The zero-order chi connectivity index (χ0) is 18.9. The minimum absolute atomic E-state index is 0.194. The van der Waals surface area contributed by atoms with Crippen LogP contribution in [0.1, 0.15) is 48.3 Å². The van der Waals surface area contributed by atoms with Gasteiger partial charge in [0.2, 0.25) is 0 Å². The smallest absolute Gasteiger partial charge is 0.303 e. The Morgan fingerprint density at radius 3 is 2.50 bits per heavy atom. The topological polar surface area (TPSA) is 106 Å². The number of amides is 1. The molecule has 8 nitrogen and oxygen atoms in total. The first-order valence-corrected chi connectivity index (χ1v) is 8.59. The van der Waals surface area contributed by atoms with Gasteiger partial charge < -0.3 is 15.2 Å². The summed E-state index contributed by atoms with van der Waals surface area (Å²) in [6, 6.07) is 7.33. The number of aromatic nitrogens is 3. The molecule has 0 aliphatic carbocycles. The number of unbranched alkanes of at least 4 members (excludes halogenated alkanes) is 3. The first kappa shape index (κ1) is 19.4. The maximum atomic E-state index is 12.3. The summed E-state index contributed by atoms with van der Waals surface area (Å²) in [5, 5.41) is 19.4. The second-order valence-electron chi connectivity index (χ2n) is 5.95. The van der Waals surface area contributed by atoms with E-state index < -0.39 is 5.97 Å². The molecule has 0 aliphatic heterocycles. The van der Waals surface area contributed by atoms with Gasteiger partial charge in [-0.3, -0.25) is 9.59 Å². The molecule has 0 fully saturated rings. The lowest BCUT2D eigenvalue weighted by atomic mass is 10.1. The van der Waals surface area contributed by atoms with E-state index in [1.807, 2.05) is 24.3 Å². The van der Waals surface area contributed by atoms with Gasteiger partial charge in [-0.05, 0) is 44.0 Å². The number of rotatable bonds is 10. The lowest BCUT2D eigenvalue weighted by Crippen LogP contribution is -2.25. The van der Waals surface area contributed by atoms with Gasteiger partial charge in [-0.1, -0.05) is 18.1 Å². The number of nitrogens with one attached hydrogen (secondary N) is 1. The third-order valence-corrected chi connectivity index (χ3v) is 4.03. The summed E-state index contributed by atoms with van der Waals surface area (Å²) in [7, 11) is 1.60. The molecule has 0 atom stereocenters. The number of carbonyl (C=O) groups is 2. The third kappa shape index (κ3) is 5.30. The van der Waals surface area contributed by atoms with Crippen molar-refractivity contribution in [3.8, 4) is 11.4 Å². The molecule has 8 heteroatoms. The lowest BCUT2D eigenvalue weighted by molar-refractivity contribution is -0.137. The molecular weight excluding hydrogens is 336 g/mol. The Bertz CT molecular complexity index is 740. The number of methoxy groups -OCH3 is 1. The van der Waals surface area contributed by atoms with E-state index in [1.54, 1.807) is 18.7 Å². The highest BCUT2D eigenvalue weighted by Gasteiger charge is 2.16. The predicted octanol–water partition coefficient (Wildman–Crippen LogP) is 2.35. The first-order valence-electron chi connectivity index (χ1n) is 8.59. The summed E-state index contributed by atoms with van der Waals surface area (Å²) in [5.74, 6) is -0.283. The minimum atomic E-state index is -0.770. The van der Waals surface area contributed by atoms with Crippen LogP contribution in [-0.4, -0.2) is 45.6 Å². The van der Waals surface area contributed by atoms with Crippen molar-refractivity contribution in [2.45, 2.75) is 39.0 Å². The Hall–Kier alpha value is -2.90. The van der Waals surface area contributed by atoms with Crippen molar-refractivity contribution in [2.75, 3.05) is 13.7 Å². The summed E-state index contributed by atoms with van der Waals surface area (Å²) in [5.41, 5.74) is 1.76. The van der Waals surface area contributed by atoms with Crippen molar-refractivity contribution in [2.24, 2.45) is 0 Å². The van der Waals surface area contributed by atoms with Crippen molar-refractivity contribution in [1.82, 2.24) is 20.3 Å². The summed E-state index contributed by atoms with van der Waals surface area (Å²) in [6.07, 6.45) is 3.38. The molecular formula is C18H24N4O4. The van der Waals surface area contributed by atoms with Gasteiger partial charge in [0.05, 0.1) is 18.5 Å². The van der Waals surface area contributed by atoms with E-state index in [-0.39, 0.29) is 12.3 Å². The molecule has 0 unspecified atom stereocenters. The van der Waals surface area contributed by atoms with E-state index in [2.05, 4.69) is 15.6 Å². The Morgan fingerprint density at radius 2 is 1.85 bits per heavy atom. The largest absolute Gasteiger partial charge is 0.497 e. The Labute approximate surface area is 152 Å². The number of nitrogens with zero attached hydrogens (tertiary/aromatic N) is 3. The highest BCUT2D eigenvalue weighted by molar-refractivity contribution is 5.93. The van der Waals surface area contributed by atoms with Gasteiger partial charge in [-0.25, -0.2) is 4.68 Å². The predicted molar refractivity (Wildman–Crippen MR) is 95.7 cm³/mol. The van der Waals surface area contributed by atoms with Crippen LogP contribution in [0.4, 0.5) is 0 Å². The molecule has 2 aromatic rings. The van der Waals surface area contributed by atoms with Crippen molar-refractivity contribution in [1.29, 1.82) is 0 Å². The zero-order valence-electron chi connectivity index (χ0n) is 15.1. The van der Waals surface area contributed by atoms with Gasteiger partial charge in [0.25, 0.3) is 5.91 Å². The molecule has 1 amide bonds. The molecule has 1 heterocycles. The lowest BCUT2D eigenvalue weighted by Gasteiger charge is -2.06. The molecule has 0 bridgehead atoms. The normalized spacial score (nSPS) is 10.5. The van der Waals surface area contributed by atoms with E-state index in [1.165, 1.54) is 0 Å². The monoisotopic (exact) mass is 360 g/mol. The van der Waals surface area contributed by atoms with E-state index in [4.69, 9.17) is 9.84 Å². The summed E-state index contributed by atoms with van der Waals surface area (Å²) >= 11 is 0. The van der Waals surface area contributed by atoms with Crippen LogP contribution >= 0.6 is 0 Å². The van der Waals surface area contributed by atoms with Crippen LogP contribution in [0.2, 0.25) is 0 Å². The van der Waals surface area contributed by atoms with Gasteiger partial charge in [-0.15, -0.1) is 5.10 Å². The zero-order valence-corrected chi connectivity index (χ0v) is 15.1. The summed E-state index contributed by atoms with van der Waals surface area (Å²) < 4.78 is 6.74. The number of ether oxygens (including phenoxy) is 1. The van der Waals surface area contributed by atoms with Gasteiger partial charge in [0.15, 0.2) is 5.69 Å². The quantitative estimate of drug-likeness (QED) is 0.630. The molecule has 26 heavy (non-hydrogen) atoms. The van der Waals surface area contributed by atoms with Gasteiger partial charge in [-0.2, -0.15) is 0 Å². The Kier molecular flexibility index (Phi) is 7.13. The number of aliphatic carboxylic acids is 1. The van der Waals surface area contributed by atoms with Crippen LogP contribution < -0.4 is 10.1 Å². The molecule has 0 saturated carbocycles. The van der Waals surface area contributed by atoms with Crippen LogP contribution in [-0.2, 0) is 4.79 Å². The fraction of sp³-hybridized carbons (Fsp3) is 0.444. The van der Waals surface area contributed by atoms with Gasteiger partial charge in [0.1, 0.15) is 5.75 Å². The van der Waals surface area contributed by atoms with E-state index >= 15 is 0 Å². The number of hydrogen-bond acceptors (Lipinski definition) is 5. The van der Waals surface area contributed by atoms with Gasteiger partial charge >= 0.3 is 5.97 Å². The fourth-order valence-electron chi connectivity index (χ4n) is 2.55. The highest BCUT2D eigenvalue weighted by Crippen LogP contribution is 2.16. The average molecular weight is 360 g/mol. The van der Waals surface area contributed by atoms with Crippen molar-refractivity contribution >= 4 is 11.9 Å². The molecule has 0 saturated heterocycles. The van der Waals surface area contributed by atoms with Crippen LogP contribution in [0.3, 0.4) is 0 Å². The van der Waals surface area contributed by atoms with Crippen molar-refractivity contribution < 1.29 is 19.4 Å². The Morgan fingerprint density at radius 1 is 1.15 bits per heavy atom. The summed E-state index contributed by atoms with van der Waals surface area (Å²) in [4.78, 5) is 22.7. The van der Waals surface area contributed by atoms with E-state index in [0.29, 0.717) is 24.4 Å². The van der Waals surface area contributed by atoms with Crippen LogP contribution in [0.5, 0.6) is 5.75 Å². The fourth-order valence-corrected chi connectivity index (χ4v) is 2.55. The highest BCUT2D eigenvalue weighted by atomic mass is 16.5. The van der Waals surface area contributed by atoms with Crippen LogP contribution in [0.15, 0.2) is 24.3 Å². The van der Waals surface area contributed by atoms with Gasteiger partial charge in [0, 0.05) is 13.0 Å². The number of hydrogen-bond donors (Lipinski definition) is 2. The number of carboxylic acids is 1. The van der Waals surface area contributed by atoms with E-state index in [9.17, 15) is 9.59 Å². The van der Waals surface area contributed by atoms with E-state index in [0.717, 1.165) is 30.7 Å². The molecule has 1 aromatic heterocycles. The second-order valence-corrected chi connectivity index (χ2v) is 5.95. The third-order valence-electron chi connectivity index (χ3n) is 4.03. The molecule has 2 rings (SSSR count). The maximum absolute atomic E-state index is 12.3. The first-order chi connectivity index (χ1) is 12.5. The number of carbonyl (C=O) groups excluding carboxylic acids is 1. The second kappa shape index (κ2) is 9.55. The molecule has 0 spiro atoms. The molecule has 0 radical (unpaired) electrons. The molecule has 140 valence electrons. The molecule has 1 aromatic carbocycles. The maximum Gasteiger partial charge on any atom is 0.303 e. The summed E-state index contributed by atoms with van der Waals surface area (Å²) in [6.45, 7) is 2.33.